The summed E-state index contributed by atoms with van der Waals surface area (Å²) < 4.78 is 47.5. The van der Waals surface area contributed by atoms with Crippen molar-refractivity contribution < 1.29 is 185 Å². The summed E-state index contributed by atoms with van der Waals surface area (Å²) in [6.07, 6.45) is 0. The Balaban J connectivity index is -0.0000000221. The Morgan fingerprint density at radius 1 is 0.917 bits per heavy atom. The van der Waals surface area contributed by atoms with Crippen molar-refractivity contribution >= 4 is 16.4 Å². The summed E-state index contributed by atoms with van der Waals surface area (Å²) in [6, 6.07) is 0. The molecule has 0 N–H and O–H groups in total. The molecule has 0 aliphatic carbocycles. The van der Waals surface area contributed by atoms with Gasteiger partial charge in [-0.2, -0.15) is 0 Å². The van der Waals surface area contributed by atoms with Crippen LogP contribution in [0.2, 0.25) is 0 Å². The van der Waals surface area contributed by atoms with E-state index >= 15 is 0 Å². The van der Waals surface area contributed by atoms with E-state index in [2.05, 4.69) is 0 Å². The van der Waals surface area contributed by atoms with Gasteiger partial charge in [0, 0.05) is 9.17 Å². The summed E-state index contributed by atoms with van der Waals surface area (Å²) in [6.45, 7) is 0. The van der Waals surface area contributed by atoms with E-state index in [4.69, 9.17) is 14.1 Å². The van der Waals surface area contributed by atoms with Crippen LogP contribution in [-0.4, -0.2) is 16.4 Å². The molecule has 0 unspecified atom stereocenters. The van der Waals surface area contributed by atoms with Crippen molar-refractivity contribution in [1.82, 2.24) is 0 Å². The van der Waals surface area contributed by atoms with Crippen LogP contribution < -0.4 is 164 Å². The molecule has 0 rings (SSSR count). The van der Waals surface area contributed by atoms with E-state index in [1.807, 2.05) is 0 Å². The molecule has 0 aliphatic rings. The van der Waals surface area contributed by atoms with Crippen molar-refractivity contribution in [3.63, 3.8) is 0 Å². The molecule has 0 atom stereocenters. The van der Waals surface area contributed by atoms with E-state index in [0.717, 1.165) is 0 Å². The third-order valence-corrected chi connectivity index (χ3v) is 0. The van der Waals surface area contributed by atoms with Crippen LogP contribution in [0.15, 0.2) is 0 Å². The van der Waals surface area contributed by atoms with E-state index < -0.39 is 16.4 Å². The first-order chi connectivity index (χ1) is 3.73. The molecule has 12 heavy (non-hydrogen) atoms. The normalized spacial score (nSPS) is 7.00. The van der Waals surface area contributed by atoms with Gasteiger partial charge in [-0.1, -0.05) is 0 Å². The van der Waals surface area contributed by atoms with Crippen LogP contribution in [0.25, 0.3) is 0 Å². The van der Waals surface area contributed by atoms with Gasteiger partial charge < -0.3 is 31.3 Å². The van der Waals surface area contributed by atoms with Gasteiger partial charge in [0.25, 0.3) is 0 Å². The molecule has 0 spiro atoms. The smallest absolute Gasteiger partial charge is 0.672 e. The monoisotopic (exact) mass is 280 g/mol. The molecular weight excluding hydrogens is 280 g/mol. The summed E-state index contributed by atoms with van der Waals surface area (Å²) in [4.78, 5) is 17.0. The Kier molecular flexibility index (Phi) is 44.1. The van der Waals surface area contributed by atoms with Crippen molar-refractivity contribution in [2.75, 3.05) is 0 Å². The topological polar surface area (TPSA) is 63.2 Å². The van der Waals surface area contributed by atoms with Crippen LogP contribution in [-0.2, 0) is 4.46 Å². The van der Waals surface area contributed by atoms with Gasteiger partial charge in [-0.15, -0.1) is 0 Å². The predicted molar refractivity (Wildman–Crippen MR) is 16.6 cm³/mol. The van der Waals surface area contributed by atoms with Crippen molar-refractivity contribution in [2.24, 2.45) is 0 Å². The maximum absolute atomic E-state index is 9.75. The van der Waals surface area contributed by atoms with Crippen LogP contribution >= 0.6 is 0 Å². The Labute approximate surface area is 196 Å². The summed E-state index contributed by atoms with van der Waals surface area (Å²) in [5, 5.41) is 0. The fourth-order valence-corrected chi connectivity index (χ4v) is 0. The second-order valence-corrected chi connectivity index (χ2v) is 1.24. The third-order valence-electron chi connectivity index (χ3n) is 0. The number of hydrogen-bond donors (Lipinski definition) is 0. The minimum absolute atomic E-state index is 0. The van der Waals surface area contributed by atoms with Gasteiger partial charge in [-0.25, -0.2) is 0 Å². The second kappa shape index (κ2) is 17.7. The molecule has 0 saturated carbocycles. The van der Waals surface area contributed by atoms with Gasteiger partial charge in [-0.05, 0) is 0 Å². The van der Waals surface area contributed by atoms with Crippen LogP contribution in [0.3, 0.4) is 0 Å². The Morgan fingerprint density at radius 3 is 0.917 bits per heavy atom. The second-order valence-electron chi connectivity index (χ2n) is 0.745. The molecule has 0 saturated heterocycles. The molecule has 0 fully saturated rings. The Morgan fingerprint density at radius 2 is 0.917 bits per heavy atom. The van der Waals surface area contributed by atoms with Crippen molar-refractivity contribution in [2.45, 2.75) is 0 Å². The van der Waals surface area contributed by atoms with Crippen LogP contribution in [0.1, 0.15) is 0 Å². The maximum atomic E-state index is 9.75. The summed E-state index contributed by atoms with van der Waals surface area (Å²) >= 11 is 0. The van der Waals surface area contributed by atoms with Gasteiger partial charge in [-0.3, -0.25) is 0 Å². The van der Waals surface area contributed by atoms with Gasteiger partial charge >= 0.3 is 161 Å². The van der Waals surface area contributed by atoms with E-state index in [1.54, 1.807) is 0 Å². The van der Waals surface area contributed by atoms with Crippen molar-refractivity contribution in [3.05, 3.63) is 0 Å². The van der Waals surface area contributed by atoms with E-state index in [1.165, 1.54) is 0 Å². The summed E-state index contributed by atoms with van der Waals surface area (Å²) in [7, 11) is -9.63. The van der Waals surface area contributed by atoms with Gasteiger partial charge in [0.2, 0.25) is 0 Å². The first-order valence-corrected chi connectivity index (χ1v) is 2.71. The molecular formula is BF4K3O3Si. The number of rotatable bonds is 0. The molecule has 3 nitrogen and oxygen atoms in total. The molecule has 0 bridgehead atoms. The molecule has 0 aromatic carbocycles. The SMILES string of the molecule is F[B-](F)(F)F.O=[Si]([O-])[O-].[K+].[K+].[K+]. The molecule has 0 radical (unpaired) electrons. The molecule has 0 aromatic heterocycles. The number of halogens is 4. The first kappa shape index (κ1) is 29.9. The third kappa shape index (κ3) is 136. The predicted octanol–water partition coefficient (Wildman–Crippen LogP) is -10.6. The van der Waals surface area contributed by atoms with E-state index in [-0.39, 0.29) is 154 Å². The zero-order chi connectivity index (χ0) is 8.08. The fraction of sp³-hybridized carbons (Fsp3) is 0. The molecule has 56 valence electrons. The standard InChI is InChI=1S/BF4.3K.O3Si/c2-1(3,4)5;;;;1-4(2)3/q-1;3*+1;-2. The zero-order valence-electron chi connectivity index (χ0n) is 6.81. The number of hydrogen-bond acceptors (Lipinski definition) is 3. The molecule has 0 aromatic rings. The molecule has 0 aliphatic heterocycles. The van der Waals surface area contributed by atoms with Crippen molar-refractivity contribution in [3.8, 4) is 0 Å². The molecule has 0 heterocycles. The van der Waals surface area contributed by atoms with Gasteiger partial charge in [0.15, 0.2) is 0 Å². The zero-order valence-corrected chi connectivity index (χ0v) is 17.2. The van der Waals surface area contributed by atoms with Crippen molar-refractivity contribution in [1.29, 1.82) is 0 Å². The quantitative estimate of drug-likeness (QED) is 0.327. The van der Waals surface area contributed by atoms with E-state index in [0.29, 0.717) is 0 Å². The maximum Gasteiger partial charge on any atom is 1.00 e. The fourth-order valence-electron chi connectivity index (χ4n) is 0. The van der Waals surface area contributed by atoms with E-state index in [9.17, 15) is 17.3 Å². The minimum Gasteiger partial charge on any atom is -0.672 e. The minimum atomic E-state index is -6.00. The van der Waals surface area contributed by atoms with Crippen LogP contribution in [0, 0.1) is 0 Å². The molecule has 0 amide bonds. The summed E-state index contributed by atoms with van der Waals surface area (Å²) in [5.74, 6) is 0. The van der Waals surface area contributed by atoms with Gasteiger partial charge in [0.05, 0.1) is 0 Å². The average Bonchev–Trinajstić information content (AvgIpc) is 1.19. The van der Waals surface area contributed by atoms with Gasteiger partial charge in [0.1, 0.15) is 0 Å². The average molecular weight is 280 g/mol. The Bertz CT molecular complexity index is 88.0. The molecule has 12 heteroatoms. The van der Waals surface area contributed by atoms with Crippen LogP contribution in [0.5, 0.6) is 0 Å². The Hall–Kier alpha value is 4.31. The first-order valence-electron chi connectivity index (χ1n) is 1.49. The summed E-state index contributed by atoms with van der Waals surface area (Å²) in [5.41, 5.74) is 0. The van der Waals surface area contributed by atoms with Crippen LogP contribution in [0.4, 0.5) is 17.3 Å². The largest absolute Gasteiger partial charge is 1.00 e.